The van der Waals surface area contributed by atoms with Gasteiger partial charge in [-0.15, -0.1) is 0 Å². The van der Waals surface area contributed by atoms with Gasteiger partial charge < -0.3 is 14.9 Å². The number of hydrogen-bond acceptors (Lipinski definition) is 4. The van der Waals surface area contributed by atoms with Crippen LogP contribution in [0.2, 0.25) is 0 Å². The lowest BCUT2D eigenvalue weighted by molar-refractivity contribution is -0.142. The third-order valence-electron chi connectivity index (χ3n) is 5.31. The summed E-state index contributed by atoms with van der Waals surface area (Å²) in [6, 6.07) is 0. The molecule has 4 heteroatoms. The molecule has 1 unspecified atom stereocenters. The Morgan fingerprint density at radius 2 is 1.08 bits per heavy atom. The smallest absolute Gasteiger partial charge is 0.377 e. The van der Waals surface area contributed by atoms with Gasteiger partial charge in [0.15, 0.2) is 11.9 Å². The molecule has 4 nitrogen and oxygen atoms in total. The van der Waals surface area contributed by atoms with Crippen LogP contribution in [0, 0.1) is 0 Å². The zero-order chi connectivity index (χ0) is 19.0. The largest absolute Gasteiger partial charge is 0.505 e. The molecule has 1 aliphatic rings. The van der Waals surface area contributed by atoms with Crippen molar-refractivity contribution < 1.29 is 19.7 Å². The summed E-state index contributed by atoms with van der Waals surface area (Å²) in [6.45, 7) is 2.27. The fourth-order valence-corrected chi connectivity index (χ4v) is 3.57. The number of unbranched alkanes of at least 4 members (excludes halogenated alkanes) is 15. The van der Waals surface area contributed by atoms with Crippen LogP contribution in [0.3, 0.4) is 0 Å². The molecular formula is C22H40O4. The van der Waals surface area contributed by atoms with Crippen LogP contribution in [-0.4, -0.2) is 22.3 Å². The monoisotopic (exact) mass is 368 g/mol. The van der Waals surface area contributed by atoms with Crippen molar-refractivity contribution in [1.29, 1.82) is 0 Å². The molecule has 1 heterocycles. The molecule has 0 saturated heterocycles. The van der Waals surface area contributed by atoms with Gasteiger partial charge in [0.1, 0.15) is 0 Å². The number of rotatable bonds is 17. The third-order valence-corrected chi connectivity index (χ3v) is 5.31. The van der Waals surface area contributed by atoms with Gasteiger partial charge in [0.25, 0.3) is 0 Å². The molecule has 0 spiro atoms. The van der Waals surface area contributed by atoms with Gasteiger partial charge in [-0.3, -0.25) is 0 Å². The summed E-state index contributed by atoms with van der Waals surface area (Å²) in [5.41, 5.74) is 0. The second kappa shape index (κ2) is 14.9. The Bertz CT molecular complexity index is 403. The number of aliphatic hydroxyl groups excluding tert-OH is 2. The highest BCUT2D eigenvalue weighted by Gasteiger charge is 2.33. The van der Waals surface area contributed by atoms with Crippen molar-refractivity contribution in [2.45, 2.75) is 122 Å². The number of esters is 1. The van der Waals surface area contributed by atoms with Crippen molar-refractivity contribution in [2.24, 2.45) is 0 Å². The normalized spacial score (nSPS) is 17.1. The van der Waals surface area contributed by atoms with E-state index in [4.69, 9.17) is 4.74 Å². The average Bonchev–Trinajstić information content (AvgIpc) is 2.88. The molecule has 1 rings (SSSR count). The molecule has 0 fully saturated rings. The minimum absolute atomic E-state index is 0.295. The minimum atomic E-state index is -0.802. The Balaban J connectivity index is 1.77. The maximum atomic E-state index is 11.1. The first kappa shape index (κ1) is 22.9. The maximum Gasteiger partial charge on any atom is 0.377 e. The molecule has 0 radical (unpaired) electrons. The molecule has 1 atom stereocenters. The Kier molecular flexibility index (Phi) is 13.1. The molecule has 2 N–H and O–H groups in total. The number of cyclic esters (lactones) is 1. The predicted octanol–water partition coefficient (Wildman–Crippen LogP) is 6.89. The van der Waals surface area contributed by atoms with Crippen molar-refractivity contribution >= 4 is 5.97 Å². The molecule has 0 aromatic heterocycles. The SMILES string of the molecule is CCCCCCCCCCCCCCCCCCC1OC(=O)C(O)=C1O. The molecule has 1 aliphatic heterocycles. The van der Waals surface area contributed by atoms with Crippen LogP contribution >= 0.6 is 0 Å². The molecular weight excluding hydrogens is 328 g/mol. The highest BCUT2D eigenvalue weighted by Crippen LogP contribution is 2.23. The number of ether oxygens (including phenoxy) is 1. The van der Waals surface area contributed by atoms with Crippen molar-refractivity contribution in [2.75, 3.05) is 0 Å². The van der Waals surface area contributed by atoms with E-state index >= 15 is 0 Å². The lowest BCUT2D eigenvalue weighted by Gasteiger charge is -2.09. The van der Waals surface area contributed by atoms with Crippen LogP contribution in [0.25, 0.3) is 0 Å². The van der Waals surface area contributed by atoms with E-state index in [0.29, 0.717) is 6.42 Å². The molecule has 0 amide bonds. The zero-order valence-electron chi connectivity index (χ0n) is 16.8. The third kappa shape index (κ3) is 10.1. The second-order valence-corrected chi connectivity index (χ2v) is 7.72. The maximum absolute atomic E-state index is 11.1. The van der Waals surface area contributed by atoms with Crippen LogP contribution in [0.15, 0.2) is 11.5 Å². The molecule has 26 heavy (non-hydrogen) atoms. The number of carbonyl (C=O) groups excluding carboxylic acids is 1. The van der Waals surface area contributed by atoms with Crippen LogP contribution in [0.5, 0.6) is 0 Å². The van der Waals surface area contributed by atoms with Crippen LogP contribution in [0.1, 0.15) is 116 Å². The van der Waals surface area contributed by atoms with E-state index in [0.717, 1.165) is 12.8 Å². The van der Waals surface area contributed by atoms with Gasteiger partial charge in [0.05, 0.1) is 0 Å². The molecule has 0 saturated carbocycles. The van der Waals surface area contributed by atoms with Crippen molar-refractivity contribution in [3.8, 4) is 0 Å². The predicted molar refractivity (Wildman–Crippen MR) is 106 cm³/mol. The van der Waals surface area contributed by atoms with E-state index in [2.05, 4.69) is 6.92 Å². The van der Waals surface area contributed by atoms with E-state index < -0.39 is 17.8 Å². The van der Waals surface area contributed by atoms with E-state index in [9.17, 15) is 15.0 Å². The Morgan fingerprint density at radius 3 is 1.42 bits per heavy atom. The topological polar surface area (TPSA) is 66.8 Å². The summed E-state index contributed by atoms with van der Waals surface area (Å²) in [4.78, 5) is 11.1. The van der Waals surface area contributed by atoms with E-state index in [1.165, 1.54) is 89.9 Å². The van der Waals surface area contributed by atoms with Gasteiger partial charge >= 0.3 is 5.97 Å². The lowest BCUT2D eigenvalue weighted by Crippen LogP contribution is -2.11. The van der Waals surface area contributed by atoms with Gasteiger partial charge in [0.2, 0.25) is 5.76 Å². The first-order valence-corrected chi connectivity index (χ1v) is 11.0. The summed E-state index contributed by atoms with van der Waals surface area (Å²) in [6.07, 6.45) is 21.0. The first-order chi connectivity index (χ1) is 12.7. The molecule has 152 valence electrons. The number of carbonyl (C=O) groups is 1. The summed E-state index contributed by atoms with van der Waals surface area (Å²) in [5.74, 6) is -1.72. The molecule has 0 aromatic rings. The average molecular weight is 369 g/mol. The van der Waals surface area contributed by atoms with E-state index in [1.807, 2.05) is 0 Å². The minimum Gasteiger partial charge on any atom is -0.505 e. The fourth-order valence-electron chi connectivity index (χ4n) is 3.57. The second-order valence-electron chi connectivity index (χ2n) is 7.72. The van der Waals surface area contributed by atoms with Crippen LogP contribution in [-0.2, 0) is 9.53 Å². The van der Waals surface area contributed by atoms with Crippen molar-refractivity contribution in [3.05, 3.63) is 11.5 Å². The quantitative estimate of drug-likeness (QED) is 0.217. The van der Waals surface area contributed by atoms with Crippen molar-refractivity contribution in [3.63, 3.8) is 0 Å². The summed E-state index contributed by atoms with van der Waals surface area (Å²) >= 11 is 0. The lowest BCUT2D eigenvalue weighted by atomic mass is 10.0. The fraction of sp³-hybridized carbons (Fsp3) is 0.864. The molecule has 0 aliphatic carbocycles. The van der Waals surface area contributed by atoms with E-state index in [-0.39, 0.29) is 5.76 Å². The van der Waals surface area contributed by atoms with Crippen LogP contribution in [0.4, 0.5) is 0 Å². The Labute approximate surface area is 160 Å². The van der Waals surface area contributed by atoms with Crippen molar-refractivity contribution in [1.82, 2.24) is 0 Å². The van der Waals surface area contributed by atoms with Gasteiger partial charge in [0, 0.05) is 0 Å². The highest BCUT2D eigenvalue weighted by molar-refractivity contribution is 5.88. The van der Waals surface area contributed by atoms with Gasteiger partial charge in [-0.1, -0.05) is 103 Å². The number of aliphatic hydroxyl groups is 2. The Morgan fingerprint density at radius 1 is 0.692 bits per heavy atom. The summed E-state index contributed by atoms with van der Waals surface area (Å²) in [7, 11) is 0. The number of hydrogen-bond donors (Lipinski definition) is 2. The highest BCUT2D eigenvalue weighted by atomic mass is 16.6. The molecule has 0 aromatic carbocycles. The summed E-state index contributed by atoms with van der Waals surface area (Å²) in [5, 5.41) is 18.8. The zero-order valence-corrected chi connectivity index (χ0v) is 16.8. The van der Waals surface area contributed by atoms with Gasteiger partial charge in [-0.05, 0) is 12.8 Å². The van der Waals surface area contributed by atoms with E-state index in [1.54, 1.807) is 0 Å². The van der Waals surface area contributed by atoms with Gasteiger partial charge in [-0.25, -0.2) is 4.79 Å². The molecule has 0 bridgehead atoms. The van der Waals surface area contributed by atoms with Gasteiger partial charge in [-0.2, -0.15) is 0 Å². The van der Waals surface area contributed by atoms with Crippen LogP contribution < -0.4 is 0 Å². The standard InChI is InChI=1S/C22H40O4/c1-2-3-4-5-6-7-8-9-10-11-12-13-14-15-16-17-18-19-20(23)21(24)22(25)26-19/h19,23-24H,2-18H2,1H3. The summed E-state index contributed by atoms with van der Waals surface area (Å²) < 4.78 is 4.90. The first-order valence-electron chi connectivity index (χ1n) is 11.0. The Hall–Kier alpha value is -1.19.